The van der Waals surface area contributed by atoms with Crippen LogP contribution in [0.2, 0.25) is 0 Å². The van der Waals surface area contributed by atoms with Crippen LogP contribution < -0.4 is 16.0 Å². The number of hydrogen-bond donors (Lipinski definition) is 3. The molecule has 174 valence electrons. The van der Waals surface area contributed by atoms with Crippen molar-refractivity contribution in [2.75, 3.05) is 33.7 Å². The first kappa shape index (κ1) is 27.3. The number of guanidine groups is 1. The van der Waals surface area contributed by atoms with Crippen LogP contribution in [0.4, 0.5) is 4.39 Å². The highest BCUT2D eigenvalue weighted by Gasteiger charge is 2.08. The second-order valence-corrected chi connectivity index (χ2v) is 7.24. The van der Waals surface area contributed by atoms with Crippen LogP contribution in [-0.2, 0) is 6.54 Å². The van der Waals surface area contributed by atoms with Crippen LogP contribution in [0.5, 0.6) is 0 Å². The summed E-state index contributed by atoms with van der Waals surface area (Å²) in [5.74, 6) is -0.145. The van der Waals surface area contributed by atoms with E-state index in [0.29, 0.717) is 48.8 Å². The number of amides is 2. The van der Waals surface area contributed by atoms with E-state index in [2.05, 4.69) is 20.9 Å². The summed E-state index contributed by atoms with van der Waals surface area (Å²) in [6, 6.07) is 11.8. The smallest absolute Gasteiger partial charge is 0.253 e. The molecule has 0 saturated heterocycles. The van der Waals surface area contributed by atoms with E-state index in [-0.39, 0.29) is 35.8 Å². The molecule has 0 heterocycles. The Kier molecular flexibility index (Phi) is 11.7. The van der Waals surface area contributed by atoms with E-state index in [4.69, 9.17) is 0 Å². The van der Waals surface area contributed by atoms with E-state index < -0.39 is 5.82 Å². The summed E-state index contributed by atoms with van der Waals surface area (Å²) < 4.78 is 13.6. The Bertz CT molecular complexity index is 932. The van der Waals surface area contributed by atoms with E-state index in [9.17, 15) is 14.0 Å². The van der Waals surface area contributed by atoms with Crippen molar-refractivity contribution in [3.63, 3.8) is 0 Å². The highest BCUT2D eigenvalue weighted by atomic mass is 127. The fourth-order valence-electron chi connectivity index (χ4n) is 2.72. The van der Waals surface area contributed by atoms with Crippen LogP contribution in [0, 0.1) is 12.7 Å². The van der Waals surface area contributed by atoms with E-state index in [1.54, 1.807) is 45.3 Å². The first-order valence-corrected chi connectivity index (χ1v) is 10.2. The first-order chi connectivity index (χ1) is 14.8. The molecule has 2 aromatic carbocycles. The molecule has 0 aromatic heterocycles. The Morgan fingerprint density at radius 2 is 1.59 bits per heavy atom. The summed E-state index contributed by atoms with van der Waals surface area (Å²) in [7, 11) is 3.44. The van der Waals surface area contributed by atoms with E-state index in [1.165, 1.54) is 11.0 Å². The zero-order valence-corrected chi connectivity index (χ0v) is 21.2. The number of carbonyl (C=O) groups is 2. The number of hydrogen-bond acceptors (Lipinski definition) is 3. The molecule has 0 aliphatic carbocycles. The average Bonchev–Trinajstić information content (AvgIpc) is 2.76. The second-order valence-electron chi connectivity index (χ2n) is 7.24. The zero-order chi connectivity index (χ0) is 22.8. The van der Waals surface area contributed by atoms with Crippen molar-refractivity contribution in [2.45, 2.75) is 20.4 Å². The van der Waals surface area contributed by atoms with Crippen molar-refractivity contribution in [2.24, 2.45) is 4.99 Å². The van der Waals surface area contributed by atoms with Gasteiger partial charge in [-0.2, -0.15) is 0 Å². The lowest BCUT2D eigenvalue weighted by atomic mass is 10.1. The van der Waals surface area contributed by atoms with E-state index >= 15 is 0 Å². The average molecular weight is 555 g/mol. The lowest BCUT2D eigenvalue weighted by molar-refractivity contribution is 0.0827. The molecular formula is C23H31FIN5O2. The Hall–Kier alpha value is -2.69. The minimum atomic E-state index is -0.397. The van der Waals surface area contributed by atoms with Crippen LogP contribution in [-0.4, -0.2) is 56.4 Å². The lowest BCUT2D eigenvalue weighted by Crippen LogP contribution is -2.41. The fraction of sp³-hybridized carbons (Fsp3) is 0.348. The van der Waals surface area contributed by atoms with Crippen LogP contribution in [0.25, 0.3) is 0 Å². The third-order valence-corrected chi connectivity index (χ3v) is 4.51. The van der Waals surface area contributed by atoms with Crippen molar-refractivity contribution in [3.8, 4) is 0 Å². The van der Waals surface area contributed by atoms with Gasteiger partial charge < -0.3 is 20.9 Å². The molecule has 3 N–H and O–H groups in total. The molecule has 9 heteroatoms. The molecule has 0 fully saturated rings. The molecule has 2 rings (SSSR count). The van der Waals surface area contributed by atoms with Gasteiger partial charge in [0.2, 0.25) is 0 Å². The Labute approximate surface area is 205 Å². The van der Waals surface area contributed by atoms with E-state index in [0.717, 1.165) is 5.56 Å². The number of nitrogens with one attached hydrogen (secondary N) is 3. The summed E-state index contributed by atoms with van der Waals surface area (Å²) in [6.07, 6.45) is 0. The molecule has 0 unspecified atom stereocenters. The number of rotatable bonds is 8. The highest BCUT2D eigenvalue weighted by Crippen LogP contribution is 2.09. The minimum absolute atomic E-state index is 0. The topological polar surface area (TPSA) is 85.8 Å². The van der Waals surface area contributed by atoms with Gasteiger partial charge in [0.1, 0.15) is 5.82 Å². The molecular weight excluding hydrogens is 524 g/mol. The molecule has 32 heavy (non-hydrogen) atoms. The predicted molar refractivity (Wildman–Crippen MR) is 136 cm³/mol. The SMILES string of the molecule is CCNC(=NCc1ccc(C(=O)N(C)C)cc1)NCCNC(=O)c1ccc(C)c(F)c1.I. The fourth-order valence-corrected chi connectivity index (χ4v) is 2.72. The molecule has 7 nitrogen and oxygen atoms in total. The summed E-state index contributed by atoms with van der Waals surface area (Å²) in [5, 5.41) is 9.05. The number of nitrogens with zero attached hydrogens (tertiary/aromatic N) is 2. The summed E-state index contributed by atoms with van der Waals surface area (Å²) in [6.45, 7) is 5.58. The first-order valence-electron chi connectivity index (χ1n) is 10.2. The predicted octanol–water partition coefficient (Wildman–Crippen LogP) is 2.94. The Morgan fingerprint density at radius 3 is 2.19 bits per heavy atom. The van der Waals surface area contributed by atoms with Gasteiger partial charge in [-0.15, -0.1) is 24.0 Å². The van der Waals surface area contributed by atoms with Gasteiger partial charge in [-0.1, -0.05) is 18.2 Å². The van der Waals surface area contributed by atoms with Crippen molar-refractivity contribution in [3.05, 3.63) is 70.5 Å². The number of halogens is 2. The quantitative estimate of drug-likeness (QED) is 0.203. The van der Waals surface area contributed by atoms with Gasteiger partial charge in [-0.25, -0.2) is 9.38 Å². The molecule has 2 aromatic rings. The van der Waals surface area contributed by atoms with Gasteiger partial charge >= 0.3 is 0 Å². The second kappa shape index (κ2) is 13.7. The van der Waals surface area contributed by atoms with Gasteiger partial charge in [0.25, 0.3) is 11.8 Å². The minimum Gasteiger partial charge on any atom is -0.357 e. The van der Waals surface area contributed by atoms with Crippen molar-refractivity contribution in [1.29, 1.82) is 0 Å². The highest BCUT2D eigenvalue weighted by molar-refractivity contribution is 14.0. The van der Waals surface area contributed by atoms with Crippen LogP contribution >= 0.6 is 24.0 Å². The molecule has 0 saturated carbocycles. The van der Waals surface area contributed by atoms with Crippen LogP contribution in [0.1, 0.15) is 38.8 Å². The third-order valence-electron chi connectivity index (χ3n) is 4.51. The molecule has 0 radical (unpaired) electrons. The Balaban J connectivity index is 0.00000512. The Morgan fingerprint density at radius 1 is 0.969 bits per heavy atom. The van der Waals surface area contributed by atoms with Gasteiger partial charge in [0.05, 0.1) is 6.54 Å². The third kappa shape index (κ3) is 8.45. The summed E-state index contributed by atoms with van der Waals surface area (Å²) in [5.41, 5.74) is 2.40. The molecule has 0 aliphatic rings. The number of carbonyl (C=O) groups excluding carboxylic acids is 2. The van der Waals surface area contributed by atoms with Crippen molar-refractivity contribution < 1.29 is 14.0 Å². The van der Waals surface area contributed by atoms with Crippen molar-refractivity contribution >= 4 is 41.8 Å². The molecule has 0 bridgehead atoms. The van der Waals surface area contributed by atoms with E-state index in [1.807, 2.05) is 19.1 Å². The standard InChI is InChI=1S/C23H30FN5O2.HI/c1-5-25-23(28-15-17-7-10-18(11-8-17)22(31)29(3)4)27-13-12-26-21(30)19-9-6-16(2)20(24)14-19;/h6-11,14H,5,12-13,15H2,1-4H3,(H,26,30)(H2,25,27,28);1H. The summed E-state index contributed by atoms with van der Waals surface area (Å²) >= 11 is 0. The molecule has 2 amide bonds. The van der Waals surface area contributed by atoms with Crippen LogP contribution in [0.3, 0.4) is 0 Å². The maximum atomic E-state index is 13.6. The van der Waals surface area contributed by atoms with Gasteiger partial charge in [0, 0.05) is 44.9 Å². The number of aryl methyl sites for hydroxylation is 1. The number of aliphatic imine (C=N–C) groups is 1. The summed E-state index contributed by atoms with van der Waals surface area (Å²) in [4.78, 5) is 30.1. The zero-order valence-electron chi connectivity index (χ0n) is 18.9. The molecule has 0 aliphatic heterocycles. The normalized spacial score (nSPS) is 10.7. The molecule has 0 atom stereocenters. The van der Waals surface area contributed by atoms with Crippen molar-refractivity contribution in [1.82, 2.24) is 20.9 Å². The number of benzene rings is 2. The van der Waals surface area contributed by atoms with Crippen LogP contribution in [0.15, 0.2) is 47.5 Å². The lowest BCUT2D eigenvalue weighted by Gasteiger charge is -2.12. The maximum Gasteiger partial charge on any atom is 0.253 e. The molecule has 0 spiro atoms. The van der Waals surface area contributed by atoms with Gasteiger partial charge in [-0.05, 0) is 49.2 Å². The maximum absolute atomic E-state index is 13.6. The monoisotopic (exact) mass is 555 g/mol. The largest absolute Gasteiger partial charge is 0.357 e. The van der Waals surface area contributed by atoms with Gasteiger partial charge in [0.15, 0.2) is 5.96 Å². The van der Waals surface area contributed by atoms with Gasteiger partial charge in [-0.3, -0.25) is 9.59 Å².